The van der Waals surface area contributed by atoms with Crippen molar-refractivity contribution in [2.45, 2.75) is 0 Å². The van der Waals surface area contributed by atoms with Gasteiger partial charge in [-0.1, -0.05) is 36.4 Å². The first-order valence-corrected chi connectivity index (χ1v) is 6.25. The van der Waals surface area contributed by atoms with Gasteiger partial charge in [0, 0.05) is 0 Å². The third-order valence-electron chi connectivity index (χ3n) is 3.50. The van der Waals surface area contributed by atoms with Crippen molar-refractivity contribution in [1.29, 1.82) is 0 Å². The third-order valence-corrected chi connectivity index (χ3v) is 3.50. The molecule has 4 N–H and O–H groups in total. The Morgan fingerprint density at radius 1 is 0.600 bits per heavy atom. The van der Waals surface area contributed by atoms with E-state index in [-0.39, 0.29) is 0 Å². The predicted molar refractivity (Wildman–Crippen MR) is 81.1 cm³/mol. The van der Waals surface area contributed by atoms with Gasteiger partial charge in [-0.15, -0.1) is 0 Å². The van der Waals surface area contributed by atoms with Crippen LogP contribution in [0.25, 0.3) is 21.5 Å². The first-order chi connectivity index (χ1) is 9.58. The van der Waals surface area contributed by atoms with Crippen LogP contribution < -0.4 is 10.9 Å². The van der Waals surface area contributed by atoms with Gasteiger partial charge in [-0.05, 0) is 44.6 Å². The molecule has 0 unspecified atom stereocenters. The van der Waals surface area contributed by atoms with Crippen LogP contribution in [0, 0.1) is 0 Å². The highest BCUT2D eigenvalue weighted by atomic mass is 16.4. The summed E-state index contributed by atoms with van der Waals surface area (Å²) < 4.78 is 0. The van der Waals surface area contributed by atoms with Gasteiger partial charge in [0.05, 0.1) is 0 Å². The van der Waals surface area contributed by atoms with Crippen LogP contribution in [0.1, 0.15) is 0 Å². The molecule has 0 amide bonds. The normalized spacial score (nSPS) is 11.0. The largest absolute Gasteiger partial charge is 0.489 e. The third kappa shape index (κ3) is 2.09. The molecule has 0 aromatic heterocycles. The van der Waals surface area contributed by atoms with E-state index in [1.54, 1.807) is 30.3 Å². The number of hydrogen-bond acceptors (Lipinski definition) is 4. The summed E-state index contributed by atoms with van der Waals surface area (Å²) in [7, 11) is -3.13. The zero-order valence-corrected chi connectivity index (χ0v) is 10.6. The van der Waals surface area contributed by atoms with Crippen LogP contribution in [0.3, 0.4) is 0 Å². The molecule has 6 heteroatoms. The Kier molecular flexibility index (Phi) is 3.23. The lowest BCUT2D eigenvalue weighted by molar-refractivity contribution is 0.425. The Labute approximate surface area is 116 Å². The molecule has 0 heterocycles. The molecular formula is C14H12B2O4. The van der Waals surface area contributed by atoms with Crippen molar-refractivity contribution in [3.05, 3.63) is 48.5 Å². The quantitative estimate of drug-likeness (QED) is 0.367. The summed E-state index contributed by atoms with van der Waals surface area (Å²) in [6.45, 7) is 0. The molecule has 98 valence electrons. The lowest BCUT2D eigenvalue weighted by atomic mass is 9.74. The summed E-state index contributed by atoms with van der Waals surface area (Å²) in [6, 6.07) is 14.2. The van der Waals surface area contributed by atoms with Crippen LogP contribution in [0.5, 0.6) is 0 Å². The van der Waals surface area contributed by atoms with Gasteiger partial charge in [-0.3, -0.25) is 0 Å². The highest BCUT2D eigenvalue weighted by molar-refractivity contribution is 6.63. The van der Waals surface area contributed by atoms with E-state index in [9.17, 15) is 20.1 Å². The van der Waals surface area contributed by atoms with Gasteiger partial charge in [0.1, 0.15) is 0 Å². The first-order valence-electron chi connectivity index (χ1n) is 6.25. The molecule has 0 saturated carbocycles. The molecular weight excluding hydrogens is 254 g/mol. The summed E-state index contributed by atoms with van der Waals surface area (Å²) >= 11 is 0. The Balaban J connectivity index is 2.42. The summed E-state index contributed by atoms with van der Waals surface area (Å²) in [6.07, 6.45) is 0. The topological polar surface area (TPSA) is 80.9 Å². The van der Waals surface area contributed by atoms with E-state index in [2.05, 4.69) is 0 Å². The molecule has 3 rings (SSSR count). The lowest BCUT2D eigenvalue weighted by Crippen LogP contribution is -2.31. The fourth-order valence-electron chi connectivity index (χ4n) is 2.55. The molecule has 0 fully saturated rings. The average molecular weight is 266 g/mol. The molecule has 20 heavy (non-hydrogen) atoms. The number of rotatable bonds is 2. The van der Waals surface area contributed by atoms with E-state index in [0.29, 0.717) is 21.7 Å². The average Bonchev–Trinajstić information content (AvgIpc) is 2.43. The molecule has 0 aliphatic heterocycles. The van der Waals surface area contributed by atoms with Gasteiger partial charge < -0.3 is 20.1 Å². The van der Waals surface area contributed by atoms with Crippen molar-refractivity contribution in [2.24, 2.45) is 0 Å². The SMILES string of the molecule is OB(O)c1cccc2cc3cccc(B(O)O)c3cc12. The van der Waals surface area contributed by atoms with Crippen LogP contribution in [0.2, 0.25) is 0 Å². The van der Waals surface area contributed by atoms with Gasteiger partial charge in [-0.2, -0.15) is 0 Å². The Hall–Kier alpha value is -1.85. The minimum absolute atomic E-state index is 0.395. The predicted octanol–water partition coefficient (Wildman–Crippen LogP) is -0.647. The van der Waals surface area contributed by atoms with Crippen LogP contribution >= 0.6 is 0 Å². The Bertz CT molecular complexity index is 724. The molecule has 0 spiro atoms. The molecule has 3 aromatic rings. The second-order valence-electron chi connectivity index (χ2n) is 4.74. The van der Waals surface area contributed by atoms with E-state index in [4.69, 9.17) is 0 Å². The number of benzene rings is 3. The Morgan fingerprint density at radius 3 is 1.45 bits per heavy atom. The molecule has 0 aliphatic carbocycles. The number of hydrogen-bond donors (Lipinski definition) is 4. The van der Waals surface area contributed by atoms with Gasteiger partial charge in [0.25, 0.3) is 0 Å². The molecule has 4 nitrogen and oxygen atoms in total. The standard InChI is InChI=1S/C14H12B2O4/c17-15(18)13-5-1-3-9-7-10-4-2-6-14(16(19)20)12(10)8-11(9)13/h1-8,17-20H. The van der Waals surface area contributed by atoms with Crippen LogP contribution in [0.15, 0.2) is 48.5 Å². The summed E-state index contributed by atoms with van der Waals surface area (Å²) in [5, 5.41) is 40.8. The zero-order valence-electron chi connectivity index (χ0n) is 10.6. The summed E-state index contributed by atoms with van der Waals surface area (Å²) in [5.74, 6) is 0. The van der Waals surface area contributed by atoms with Crippen LogP contribution in [0.4, 0.5) is 0 Å². The van der Waals surface area contributed by atoms with E-state index in [1.807, 2.05) is 18.2 Å². The van der Waals surface area contributed by atoms with Crippen molar-refractivity contribution >= 4 is 46.7 Å². The number of fused-ring (bicyclic) bond motifs is 2. The lowest BCUT2D eigenvalue weighted by Gasteiger charge is -2.10. The maximum atomic E-state index is 9.43. The van der Waals surface area contributed by atoms with Crippen LogP contribution in [-0.2, 0) is 0 Å². The van der Waals surface area contributed by atoms with E-state index in [0.717, 1.165) is 10.8 Å². The maximum absolute atomic E-state index is 9.43. The minimum atomic E-state index is -1.57. The highest BCUT2D eigenvalue weighted by Gasteiger charge is 2.18. The van der Waals surface area contributed by atoms with Crippen molar-refractivity contribution in [2.75, 3.05) is 0 Å². The van der Waals surface area contributed by atoms with E-state index >= 15 is 0 Å². The van der Waals surface area contributed by atoms with Gasteiger partial charge in [0.2, 0.25) is 0 Å². The summed E-state index contributed by atoms with van der Waals surface area (Å²) in [4.78, 5) is 0. The van der Waals surface area contributed by atoms with Crippen molar-refractivity contribution in [3.63, 3.8) is 0 Å². The molecule has 0 bridgehead atoms. The second kappa shape index (κ2) is 4.92. The molecule has 0 atom stereocenters. The molecule has 0 radical (unpaired) electrons. The van der Waals surface area contributed by atoms with E-state index in [1.165, 1.54) is 0 Å². The minimum Gasteiger partial charge on any atom is -0.423 e. The molecule has 0 aliphatic rings. The van der Waals surface area contributed by atoms with Gasteiger partial charge in [0.15, 0.2) is 0 Å². The second-order valence-corrected chi connectivity index (χ2v) is 4.74. The maximum Gasteiger partial charge on any atom is 0.489 e. The Morgan fingerprint density at radius 2 is 1.05 bits per heavy atom. The smallest absolute Gasteiger partial charge is 0.423 e. The van der Waals surface area contributed by atoms with Crippen molar-refractivity contribution in [3.8, 4) is 0 Å². The first kappa shape index (κ1) is 13.1. The molecule has 0 saturated heterocycles. The fraction of sp³-hybridized carbons (Fsp3) is 0. The zero-order chi connectivity index (χ0) is 14.3. The van der Waals surface area contributed by atoms with Gasteiger partial charge >= 0.3 is 14.2 Å². The van der Waals surface area contributed by atoms with E-state index < -0.39 is 14.2 Å². The monoisotopic (exact) mass is 266 g/mol. The van der Waals surface area contributed by atoms with Crippen molar-refractivity contribution in [1.82, 2.24) is 0 Å². The fourth-order valence-corrected chi connectivity index (χ4v) is 2.55. The van der Waals surface area contributed by atoms with Gasteiger partial charge in [-0.25, -0.2) is 0 Å². The molecule has 3 aromatic carbocycles. The highest BCUT2D eigenvalue weighted by Crippen LogP contribution is 2.21. The van der Waals surface area contributed by atoms with Crippen LogP contribution in [-0.4, -0.2) is 34.3 Å². The van der Waals surface area contributed by atoms with Crippen molar-refractivity contribution < 1.29 is 20.1 Å². The summed E-state index contributed by atoms with van der Waals surface area (Å²) in [5.41, 5.74) is 0.790.